The van der Waals surface area contributed by atoms with Gasteiger partial charge in [-0.25, -0.2) is 0 Å². The number of likely N-dealkylation sites (tertiary alicyclic amines) is 1. The Bertz CT molecular complexity index is 176. The molecule has 1 aliphatic heterocycles. The molecule has 1 heterocycles. The average molecular weight is 242 g/mol. The topological polar surface area (TPSA) is 15.3 Å². The predicted molar refractivity (Wildman–Crippen MR) is 80.1 cm³/mol. The number of rotatable bonds is 2. The van der Waals surface area contributed by atoms with Gasteiger partial charge in [-0.3, -0.25) is 0 Å². The zero-order valence-corrected chi connectivity index (χ0v) is 13.1. The normalized spacial score (nSPS) is 21.0. The fourth-order valence-electron chi connectivity index (χ4n) is 1.56. The van der Waals surface area contributed by atoms with Crippen LogP contribution in [-0.4, -0.2) is 25.0 Å². The quantitative estimate of drug-likeness (QED) is 0.779. The summed E-state index contributed by atoms with van der Waals surface area (Å²) in [5.74, 6) is 0.853. The summed E-state index contributed by atoms with van der Waals surface area (Å²) in [6.45, 7) is 14.9. The van der Waals surface area contributed by atoms with Crippen LogP contribution in [0.5, 0.6) is 0 Å². The van der Waals surface area contributed by atoms with E-state index in [0.29, 0.717) is 0 Å². The molecule has 104 valence electrons. The summed E-state index contributed by atoms with van der Waals surface area (Å²) in [5.41, 5.74) is 1.45. The second kappa shape index (κ2) is 13.4. The summed E-state index contributed by atoms with van der Waals surface area (Å²) < 4.78 is 0. The number of hydrogen-bond acceptors (Lipinski definition) is 2. The summed E-state index contributed by atoms with van der Waals surface area (Å²) in [6, 6.07) is 0. The van der Waals surface area contributed by atoms with Crippen molar-refractivity contribution in [3.63, 3.8) is 0 Å². The van der Waals surface area contributed by atoms with Crippen molar-refractivity contribution in [1.82, 2.24) is 10.2 Å². The molecule has 1 aliphatic rings. The van der Waals surface area contributed by atoms with Crippen LogP contribution in [0, 0.1) is 5.92 Å². The van der Waals surface area contributed by atoms with Gasteiger partial charge in [0.05, 0.1) is 0 Å². The lowest BCUT2D eigenvalue weighted by Crippen LogP contribution is -2.28. The number of allylic oxidation sites excluding steroid dienone is 1. The predicted octanol–water partition coefficient (Wildman–Crippen LogP) is 4.24. The van der Waals surface area contributed by atoms with Crippen molar-refractivity contribution >= 4 is 0 Å². The van der Waals surface area contributed by atoms with Crippen LogP contribution >= 0.6 is 0 Å². The summed E-state index contributed by atoms with van der Waals surface area (Å²) in [5, 5.41) is 3.27. The van der Waals surface area contributed by atoms with Gasteiger partial charge in [0.2, 0.25) is 0 Å². The van der Waals surface area contributed by atoms with Crippen molar-refractivity contribution in [2.24, 2.45) is 5.92 Å². The van der Waals surface area contributed by atoms with Gasteiger partial charge in [0.15, 0.2) is 0 Å². The van der Waals surface area contributed by atoms with E-state index in [-0.39, 0.29) is 0 Å². The van der Waals surface area contributed by atoms with Crippen molar-refractivity contribution in [2.45, 2.75) is 60.8 Å². The SMILES string of the molecule is CC.CCC.CCN/C=C1/CC(C)CCN1C. The van der Waals surface area contributed by atoms with Crippen molar-refractivity contribution < 1.29 is 0 Å². The average Bonchev–Trinajstić information content (AvgIpc) is 2.34. The molecule has 0 radical (unpaired) electrons. The number of piperidine rings is 1. The highest BCUT2D eigenvalue weighted by molar-refractivity contribution is 5.02. The largest absolute Gasteiger partial charge is 0.390 e. The zero-order valence-electron chi connectivity index (χ0n) is 13.1. The molecular weight excluding hydrogens is 208 g/mol. The monoisotopic (exact) mass is 242 g/mol. The highest BCUT2D eigenvalue weighted by Gasteiger charge is 2.16. The second-order valence-corrected chi connectivity index (χ2v) is 4.42. The van der Waals surface area contributed by atoms with Gasteiger partial charge in [-0.15, -0.1) is 0 Å². The van der Waals surface area contributed by atoms with E-state index >= 15 is 0 Å². The van der Waals surface area contributed by atoms with Gasteiger partial charge in [-0.05, 0) is 25.7 Å². The third-order valence-corrected chi connectivity index (χ3v) is 2.48. The molecule has 0 spiro atoms. The molecule has 1 atom stereocenters. The van der Waals surface area contributed by atoms with Gasteiger partial charge < -0.3 is 10.2 Å². The molecule has 1 rings (SSSR count). The van der Waals surface area contributed by atoms with Gasteiger partial charge in [0, 0.05) is 32.0 Å². The van der Waals surface area contributed by atoms with E-state index in [0.717, 1.165) is 12.5 Å². The Balaban J connectivity index is 0. The Morgan fingerprint density at radius 2 is 1.82 bits per heavy atom. The van der Waals surface area contributed by atoms with Crippen LogP contribution in [0.25, 0.3) is 0 Å². The molecule has 2 nitrogen and oxygen atoms in total. The standard InChI is InChI=1S/C10H20N2.C3H8.C2H6/c1-4-11-8-10-7-9(2)5-6-12(10)3;1-3-2;1-2/h8-9,11H,4-7H2,1-3H3;3H2,1-2H3;1-2H3/b10-8-;;. The molecule has 1 unspecified atom stereocenters. The first-order valence-electron chi connectivity index (χ1n) is 7.29. The van der Waals surface area contributed by atoms with Crippen LogP contribution in [0.3, 0.4) is 0 Å². The van der Waals surface area contributed by atoms with E-state index < -0.39 is 0 Å². The van der Waals surface area contributed by atoms with Gasteiger partial charge in [0.1, 0.15) is 0 Å². The Hall–Kier alpha value is -0.660. The van der Waals surface area contributed by atoms with Crippen molar-refractivity contribution in [3.05, 3.63) is 11.9 Å². The second-order valence-electron chi connectivity index (χ2n) is 4.42. The summed E-state index contributed by atoms with van der Waals surface area (Å²) >= 11 is 0. The molecule has 0 bridgehead atoms. The van der Waals surface area contributed by atoms with Crippen LogP contribution in [0.4, 0.5) is 0 Å². The summed E-state index contributed by atoms with van der Waals surface area (Å²) in [6.07, 6.45) is 5.97. The van der Waals surface area contributed by atoms with Crippen molar-refractivity contribution in [1.29, 1.82) is 0 Å². The van der Waals surface area contributed by atoms with E-state index in [1.165, 1.54) is 31.5 Å². The minimum absolute atomic E-state index is 0.853. The molecule has 0 aromatic rings. The molecule has 2 heteroatoms. The van der Waals surface area contributed by atoms with Gasteiger partial charge in [-0.1, -0.05) is 41.0 Å². The molecule has 1 N–H and O–H groups in total. The van der Waals surface area contributed by atoms with Crippen LogP contribution in [-0.2, 0) is 0 Å². The molecule has 0 aromatic heterocycles. The maximum Gasteiger partial charge on any atom is 0.0292 e. The molecule has 0 saturated carbocycles. The first kappa shape index (κ1) is 18.7. The molecular formula is C15H34N2. The van der Waals surface area contributed by atoms with Gasteiger partial charge >= 0.3 is 0 Å². The summed E-state index contributed by atoms with van der Waals surface area (Å²) in [4.78, 5) is 2.35. The Morgan fingerprint density at radius 1 is 1.29 bits per heavy atom. The lowest BCUT2D eigenvalue weighted by molar-refractivity contribution is 0.289. The van der Waals surface area contributed by atoms with E-state index in [9.17, 15) is 0 Å². The highest BCUT2D eigenvalue weighted by atomic mass is 15.1. The van der Waals surface area contributed by atoms with E-state index in [4.69, 9.17) is 0 Å². The first-order chi connectivity index (χ1) is 8.15. The Morgan fingerprint density at radius 3 is 2.29 bits per heavy atom. The Kier molecular flexibility index (Phi) is 14.7. The fourth-order valence-corrected chi connectivity index (χ4v) is 1.56. The molecule has 0 aromatic carbocycles. The minimum Gasteiger partial charge on any atom is -0.390 e. The highest BCUT2D eigenvalue weighted by Crippen LogP contribution is 2.22. The van der Waals surface area contributed by atoms with Gasteiger partial charge in [-0.2, -0.15) is 0 Å². The van der Waals surface area contributed by atoms with Crippen LogP contribution in [0.1, 0.15) is 60.8 Å². The number of nitrogens with one attached hydrogen (secondary N) is 1. The first-order valence-corrected chi connectivity index (χ1v) is 7.29. The van der Waals surface area contributed by atoms with Crippen LogP contribution < -0.4 is 5.32 Å². The maximum absolute atomic E-state index is 3.27. The van der Waals surface area contributed by atoms with Crippen LogP contribution in [0.15, 0.2) is 11.9 Å². The molecule has 0 aliphatic carbocycles. The van der Waals surface area contributed by atoms with Crippen molar-refractivity contribution in [3.8, 4) is 0 Å². The van der Waals surface area contributed by atoms with E-state index in [2.05, 4.69) is 51.2 Å². The molecule has 1 fully saturated rings. The summed E-state index contributed by atoms with van der Waals surface area (Å²) in [7, 11) is 2.18. The zero-order chi connectivity index (χ0) is 13.7. The molecule has 1 saturated heterocycles. The minimum atomic E-state index is 0.853. The van der Waals surface area contributed by atoms with Gasteiger partial charge in [0.25, 0.3) is 0 Å². The van der Waals surface area contributed by atoms with E-state index in [1.54, 1.807) is 0 Å². The lowest BCUT2D eigenvalue weighted by atomic mass is 9.97. The lowest BCUT2D eigenvalue weighted by Gasteiger charge is -2.31. The number of nitrogens with zero attached hydrogens (tertiary/aromatic N) is 1. The molecule has 17 heavy (non-hydrogen) atoms. The smallest absolute Gasteiger partial charge is 0.0292 e. The van der Waals surface area contributed by atoms with E-state index in [1.807, 2.05) is 13.8 Å². The number of hydrogen-bond donors (Lipinski definition) is 1. The van der Waals surface area contributed by atoms with Crippen molar-refractivity contribution in [2.75, 3.05) is 20.1 Å². The maximum atomic E-state index is 3.27. The fraction of sp³-hybridized carbons (Fsp3) is 0.867. The Labute approximate surface area is 109 Å². The third kappa shape index (κ3) is 10.2. The van der Waals surface area contributed by atoms with Crippen LogP contribution in [0.2, 0.25) is 0 Å². The molecule has 0 amide bonds. The third-order valence-electron chi connectivity index (χ3n) is 2.48.